The summed E-state index contributed by atoms with van der Waals surface area (Å²) < 4.78 is 1.63. The van der Waals surface area contributed by atoms with Crippen molar-refractivity contribution in [3.63, 3.8) is 0 Å². The normalized spacial score (nSPS) is 16.7. The number of hydrogen-bond acceptors (Lipinski definition) is 5. The van der Waals surface area contributed by atoms with Crippen LogP contribution in [0.4, 0.5) is 0 Å². The Morgan fingerprint density at radius 2 is 2.37 bits per heavy atom. The van der Waals surface area contributed by atoms with Gasteiger partial charge in [0, 0.05) is 13.1 Å². The van der Waals surface area contributed by atoms with Gasteiger partial charge in [0.15, 0.2) is 5.69 Å². The summed E-state index contributed by atoms with van der Waals surface area (Å²) in [7, 11) is 0. The van der Waals surface area contributed by atoms with Gasteiger partial charge in [-0.25, -0.2) is 9.48 Å². The van der Waals surface area contributed by atoms with E-state index >= 15 is 0 Å². The molecule has 8 heteroatoms. The van der Waals surface area contributed by atoms with Crippen molar-refractivity contribution >= 4 is 11.9 Å². The van der Waals surface area contributed by atoms with E-state index < -0.39 is 17.9 Å². The minimum atomic E-state index is -1.04. The molecular weight excluding hydrogens is 250 g/mol. The van der Waals surface area contributed by atoms with Crippen molar-refractivity contribution in [2.75, 3.05) is 13.1 Å². The number of amides is 1. The van der Waals surface area contributed by atoms with E-state index in [1.165, 1.54) is 0 Å². The summed E-state index contributed by atoms with van der Waals surface area (Å²) in [5.41, 5.74) is 0.147. The zero-order chi connectivity index (χ0) is 13.8. The summed E-state index contributed by atoms with van der Waals surface area (Å²) in [5, 5.41) is 22.2. The van der Waals surface area contributed by atoms with Crippen molar-refractivity contribution in [3.05, 3.63) is 11.9 Å². The molecule has 1 aromatic rings. The van der Waals surface area contributed by atoms with Gasteiger partial charge >= 0.3 is 5.97 Å². The van der Waals surface area contributed by atoms with Crippen molar-refractivity contribution < 1.29 is 14.7 Å². The topological polar surface area (TPSA) is 109 Å². The third-order valence-electron chi connectivity index (χ3n) is 3.06. The zero-order valence-corrected chi connectivity index (χ0v) is 10.7. The quantitative estimate of drug-likeness (QED) is 0.635. The Morgan fingerprint density at radius 3 is 2.89 bits per heavy atom. The lowest BCUT2D eigenvalue weighted by molar-refractivity contribution is -0.139. The third kappa shape index (κ3) is 3.08. The van der Waals surface area contributed by atoms with Crippen LogP contribution in [0.5, 0.6) is 0 Å². The van der Waals surface area contributed by atoms with Crippen molar-refractivity contribution in [2.24, 2.45) is 0 Å². The number of carbonyl (C=O) groups excluding carboxylic acids is 1. The molecule has 19 heavy (non-hydrogen) atoms. The first-order valence-corrected chi connectivity index (χ1v) is 6.28. The molecule has 1 atom stereocenters. The van der Waals surface area contributed by atoms with Gasteiger partial charge < -0.3 is 15.7 Å². The molecule has 2 heterocycles. The minimum absolute atomic E-state index is 0.147. The van der Waals surface area contributed by atoms with Crippen molar-refractivity contribution in [3.8, 4) is 0 Å². The highest BCUT2D eigenvalue weighted by Gasteiger charge is 2.24. The summed E-state index contributed by atoms with van der Waals surface area (Å²) in [5.74, 6) is -1.54. The Hall–Kier alpha value is -1.96. The molecule has 0 saturated carbocycles. The second kappa shape index (κ2) is 5.79. The van der Waals surface area contributed by atoms with Crippen LogP contribution < -0.4 is 10.6 Å². The molecule has 1 aliphatic heterocycles. The number of carboxylic acids is 1. The number of carbonyl (C=O) groups is 2. The molecule has 0 spiro atoms. The molecule has 0 aliphatic carbocycles. The number of nitrogens with one attached hydrogen (secondary N) is 2. The Kier molecular flexibility index (Phi) is 4.10. The number of hydrogen-bond donors (Lipinski definition) is 3. The standard InChI is InChI=1S/C11H17N5O3/c1-2-3-8(11(18)19)13-10(17)9-6-16(15-14-9)7-4-12-5-7/h6-8,12H,2-5H2,1H3,(H,13,17)(H,18,19)/t8-/m1/s1. The summed E-state index contributed by atoms with van der Waals surface area (Å²) in [6, 6.07) is -0.659. The molecule has 1 fully saturated rings. The second-order valence-corrected chi connectivity index (χ2v) is 4.55. The first kappa shape index (κ1) is 13.5. The van der Waals surface area contributed by atoms with E-state index in [-0.39, 0.29) is 11.7 Å². The van der Waals surface area contributed by atoms with Gasteiger partial charge in [-0.2, -0.15) is 0 Å². The van der Waals surface area contributed by atoms with Gasteiger partial charge in [0.2, 0.25) is 0 Å². The molecule has 1 amide bonds. The maximum atomic E-state index is 11.9. The number of carboxylic acid groups (broad SMARTS) is 1. The molecule has 1 aliphatic rings. The number of aliphatic carboxylic acids is 1. The fraction of sp³-hybridized carbons (Fsp3) is 0.636. The van der Waals surface area contributed by atoms with Gasteiger partial charge in [-0.3, -0.25) is 4.79 Å². The van der Waals surface area contributed by atoms with Crippen LogP contribution in [0.15, 0.2) is 6.20 Å². The van der Waals surface area contributed by atoms with E-state index in [4.69, 9.17) is 5.11 Å². The van der Waals surface area contributed by atoms with Crippen molar-refractivity contribution in [1.29, 1.82) is 0 Å². The van der Waals surface area contributed by atoms with Gasteiger partial charge in [0.05, 0.1) is 12.2 Å². The predicted molar refractivity (Wildman–Crippen MR) is 65.7 cm³/mol. The number of aromatic nitrogens is 3. The van der Waals surface area contributed by atoms with E-state index in [1.807, 2.05) is 6.92 Å². The van der Waals surface area contributed by atoms with Gasteiger partial charge in [-0.15, -0.1) is 5.10 Å². The molecule has 3 N–H and O–H groups in total. The van der Waals surface area contributed by atoms with Crippen LogP contribution in [-0.2, 0) is 4.79 Å². The molecule has 0 bridgehead atoms. The third-order valence-corrected chi connectivity index (χ3v) is 3.06. The van der Waals surface area contributed by atoms with Crippen LogP contribution in [0.1, 0.15) is 36.3 Å². The molecule has 8 nitrogen and oxygen atoms in total. The van der Waals surface area contributed by atoms with Crippen LogP contribution in [0.3, 0.4) is 0 Å². The van der Waals surface area contributed by atoms with Crippen molar-refractivity contribution in [2.45, 2.75) is 31.8 Å². The lowest BCUT2D eigenvalue weighted by Crippen LogP contribution is -2.43. The summed E-state index contributed by atoms with van der Waals surface area (Å²) >= 11 is 0. The molecule has 1 aromatic heterocycles. The lowest BCUT2D eigenvalue weighted by Gasteiger charge is -2.26. The highest BCUT2D eigenvalue weighted by molar-refractivity contribution is 5.94. The van der Waals surface area contributed by atoms with E-state index in [0.29, 0.717) is 12.8 Å². The first-order chi connectivity index (χ1) is 9.11. The highest BCUT2D eigenvalue weighted by atomic mass is 16.4. The van der Waals surface area contributed by atoms with Crippen LogP contribution in [0.2, 0.25) is 0 Å². The molecule has 0 aromatic carbocycles. The predicted octanol–water partition coefficient (Wildman–Crippen LogP) is -0.594. The van der Waals surface area contributed by atoms with Crippen LogP contribution in [-0.4, -0.2) is 51.1 Å². The second-order valence-electron chi connectivity index (χ2n) is 4.55. The average Bonchev–Trinajstić information content (AvgIpc) is 2.75. The highest BCUT2D eigenvalue weighted by Crippen LogP contribution is 2.10. The Labute approximate surface area is 110 Å². The molecule has 104 valence electrons. The Bertz CT molecular complexity index is 469. The monoisotopic (exact) mass is 267 g/mol. The smallest absolute Gasteiger partial charge is 0.326 e. The van der Waals surface area contributed by atoms with E-state index in [0.717, 1.165) is 13.1 Å². The number of nitrogens with zero attached hydrogens (tertiary/aromatic N) is 3. The van der Waals surface area contributed by atoms with Gasteiger partial charge in [0.1, 0.15) is 6.04 Å². The van der Waals surface area contributed by atoms with Gasteiger partial charge in [-0.05, 0) is 6.42 Å². The fourth-order valence-corrected chi connectivity index (χ4v) is 1.80. The summed E-state index contributed by atoms with van der Waals surface area (Å²) in [6.45, 7) is 3.47. The van der Waals surface area contributed by atoms with Crippen LogP contribution in [0, 0.1) is 0 Å². The Morgan fingerprint density at radius 1 is 1.63 bits per heavy atom. The zero-order valence-electron chi connectivity index (χ0n) is 10.7. The van der Waals surface area contributed by atoms with Gasteiger partial charge in [0.25, 0.3) is 5.91 Å². The SMILES string of the molecule is CCC[C@@H](NC(=O)c1cn(C2CNC2)nn1)C(=O)O. The maximum absolute atomic E-state index is 11.9. The van der Waals surface area contributed by atoms with E-state index in [1.54, 1.807) is 10.9 Å². The largest absolute Gasteiger partial charge is 0.480 e. The lowest BCUT2D eigenvalue weighted by atomic mass is 10.1. The van der Waals surface area contributed by atoms with Gasteiger partial charge in [-0.1, -0.05) is 18.6 Å². The van der Waals surface area contributed by atoms with Crippen molar-refractivity contribution in [1.82, 2.24) is 25.6 Å². The van der Waals surface area contributed by atoms with Crippen LogP contribution >= 0.6 is 0 Å². The molecule has 1 saturated heterocycles. The summed E-state index contributed by atoms with van der Waals surface area (Å²) in [6.07, 6.45) is 2.62. The Balaban J connectivity index is 1.98. The molecule has 0 unspecified atom stereocenters. The first-order valence-electron chi connectivity index (χ1n) is 6.28. The van der Waals surface area contributed by atoms with E-state index in [2.05, 4.69) is 20.9 Å². The van der Waals surface area contributed by atoms with Crippen LogP contribution in [0.25, 0.3) is 0 Å². The van der Waals surface area contributed by atoms with E-state index in [9.17, 15) is 9.59 Å². The minimum Gasteiger partial charge on any atom is -0.480 e. The molecule has 2 rings (SSSR count). The number of rotatable bonds is 6. The summed E-state index contributed by atoms with van der Waals surface area (Å²) in [4.78, 5) is 22.8. The average molecular weight is 267 g/mol. The molecular formula is C11H17N5O3. The fourth-order valence-electron chi connectivity index (χ4n) is 1.80. The molecule has 0 radical (unpaired) electrons. The maximum Gasteiger partial charge on any atom is 0.326 e.